The van der Waals surface area contributed by atoms with Crippen LogP contribution in [0.2, 0.25) is 0 Å². The molecule has 2 amide bonds. The molecule has 8 nitrogen and oxygen atoms in total. The molecule has 8 heteroatoms. The lowest BCUT2D eigenvalue weighted by Gasteiger charge is -2.29. The van der Waals surface area contributed by atoms with Crippen molar-refractivity contribution in [2.75, 3.05) is 42.5 Å². The van der Waals surface area contributed by atoms with Gasteiger partial charge in [-0.25, -0.2) is 0 Å². The Morgan fingerprint density at radius 1 is 1.00 bits per heavy atom. The van der Waals surface area contributed by atoms with Crippen molar-refractivity contribution in [1.82, 2.24) is 15.6 Å². The van der Waals surface area contributed by atoms with Gasteiger partial charge in [0, 0.05) is 73.4 Å². The normalized spacial score (nSPS) is 15.2. The molecule has 1 aliphatic heterocycles. The second kappa shape index (κ2) is 11.7. The topological polar surface area (TPSA) is 97.5 Å². The summed E-state index contributed by atoms with van der Waals surface area (Å²) in [7, 11) is 0. The van der Waals surface area contributed by atoms with Crippen LogP contribution in [0.5, 0.6) is 0 Å². The van der Waals surface area contributed by atoms with Crippen LogP contribution in [-0.4, -0.2) is 49.5 Å². The van der Waals surface area contributed by atoms with Crippen molar-refractivity contribution in [3.05, 3.63) is 80.8 Å². The van der Waals surface area contributed by atoms with Gasteiger partial charge in [-0.15, -0.1) is 0 Å². The third-order valence-corrected chi connectivity index (χ3v) is 8.03. The van der Waals surface area contributed by atoms with E-state index < -0.39 is 0 Å². The summed E-state index contributed by atoms with van der Waals surface area (Å²) in [6, 6.07) is 14.3. The number of benzene rings is 2. The SMILES string of the molecule is CCN(C(=O)C1CC1)c1cc(-c2ccc(N3CCNCC3)cc2)cc(C(=O)NCc2c(C)cc(C)[nH]c2=O)c1C. The van der Waals surface area contributed by atoms with E-state index in [4.69, 9.17) is 0 Å². The molecule has 0 atom stereocenters. The average molecular weight is 542 g/mol. The lowest BCUT2D eigenvalue weighted by Crippen LogP contribution is -2.43. The van der Waals surface area contributed by atoms with Crippen LogP contribution in [0.4, 0.5) is 11.4 Å². The fourth-order valence-electron chi connectivity index (χ4n) is 5.53. The molecule has 1 saturated carbocycles. The Morgan fingerprint density at radius 2 is 1.70 bits per heavy atom. The smallest absolute Gasteiger partial charge is 0.253 e. The maximum absolute atomic E-state index is 13.6. The summed E-state index contributed by atoms with van der Waals surface area (Å²) in [5.74, 6) is -0.0906. The Hall–Kier alpha value is -3.91. The van der Waals surface area contributed by atoms with Gasteiger partial charge in [-0.05, 0) is 93.1 Å². The van der Waals surface area contributed by atoms with Crippen LogP contribution < -0.4 is 26.0 Å². The first kappa shape index (κ1) is 27.6. The van der Waals surface area contributed by atoms with Crippen molar-refractivity contribution in [2.24, 2.45) is 5.92 Å². The molecule has 2 aliphatic rings. The van der Waals surface area contributed by atoms with Gasteiger partial charge in [0.1, 0.15) is 0 Å². The molecule has 2 fully saturated rings. The number of aromatic nitrogens is 1. The fraction of sp³-hybridized carbons (Fsp3) is 0.406. The highest BCUT2D eigenvalue weighted by Crippen LogP contribution is 2.37. The average Bonchev–Trinajstić information content (AvgIpc) is 3.80. The van der Waals surface area contributed by atoms with Gasteiger partial charge in [-0.2, -0.15) is 0 Å². The summed E-state index contributed by atoms with van der Waals surface area (Å²) >= 11 is 0. The zero-order valence-corrected chi connectivity index (χ0v) is 23.9. The Balaban J connectivity index is 1.49. The highest BCUT2D eigenvalue weighted by atomic mass is 16.2. The second-order valence-electron chi connectivity index (χ2n) is 10.9. The van der Waals surface area contributed by atoms with E-state index in [0.29, 0.717) is 17.7 Å². The minimum Gasteiger partial charge on any atom is -0.369 e. The number of anilines is 2. The van der Waals surface area contributed by atoms with Gasteiger partial charge in [-0.3, -0.25) is 14.4 Å². The maximum Gasteiger partial charge on any atom is 0.253 e. The van der Waals surface area contributed by atoms with Crippen molar-refractivity contribution in [3.8, 4) is 11.1 Å². The molecule has 5 rings (SSSR count). The van der Waals surface area contributed by atoms with E-state index in [0.717, 1.165) is 72.7 Å². The van der Waals surface area contributed by atoms with E-state index in [1.54, 1.807) is 0 Å². The quantitative estimate of drug-likeness (QED) is 0.400. The van der Waals surface area contributed by atoms with Gasteiger partial charge >= 0.3 is 0 Å². The van der Waals surface area contributed by atoms with Gasteiger partial charge in [0.05, 0.1) is 0 Å². The molecule has 1 aliphatic carbocycles. The second-order valence-corrected chi connectivity index (χ2v) is 10.9. The van der Waals surface area contributed by atoms with Crippen molar-refractivity contribution in [1.29, 1.82) is 0 Å². The number of piperazine rings is 1. The van der Waals surface area contributed by atoms with Crippen molar-refractivity contribution >= 4 is 23.2 Å². The van der Waals surface area contributed by atoms with Crippen LogP contribution in [0.25, 0.3) is 11.1 Å². The first-order valence-electron chi connectivity index (χ1n) is 14.3. The van der Waals surface area contributed by atoms with E-state index in [-0.39, 0.29) is 29.8 Å². The number of nitrogens with zero attached hydrogens (tertiary/aromatic N) is 2. The largest absolute Gasteiger partial charge is 0.369 e. The molecular weight excluding hydrogens is 502 g/mol. The molecule has 0 spiro atoms. The number of pyridine rings is 1. The third kappa shape index (κ3) is 5.82. The van der Waals surface area contributed by atoms with E-state index in [1.807, 2.05) is 50.8 Å². The summed E-state index contributed by atoms with van der Waals surface area (Å²) in [5, 5.41) is 6.35. The van der Waals surface area contributed by atoms with Crippen LogP contribution in [-0.2, 0) is 11.3 Å². The molecule has 210 valence electrons. The lowest BCUT2D eigenvalue weighted by molar-refractivity contribution is -0.119. The number of nitrogens with one attached hydrogen (secondary N) is 3. The Labute approximate surface area is 235 Å². The molecule has 1 saturated heterocycles. The molecule has 3 aromatic rings. The molecule has 0 bridgehead atoms. The minimum absolute atomic E-state index is 0.0647. The summed E-state index contributed by atoms with van der Waals surface area (Å²) in [6.07, 6.45) is 1.83. The monoisotopic (exact) mass is 541 g/mol. The van der Waals surface area contributed by atoms with Gasteiger partial charge in [-0.1, -0.05) is 12.1 Å². The Morgan fingerprint density at radius 3 is 2.33 bits per heavy atom. The first-order valence-corrected chi connectivity index (χ1v) is 14.3. The lowest BCUT2D eigenvalue weighted by atomic mass is 9.96. The van der Waals surface area contributed by atoms with Crippen LogP contribution in [0.1, 0.15) is 52.5 Å². The number of aryl methyl sites for hydroxylation is 2. The predicted molar refractivity (Wildman–Crippen MR) is 160 cm³/mol. The molecule has 0 unspecified atom stereocenters. The number of rotatable bonds is 8. The maximum atomic E-state index is 13.6. The number of aromatic amines is 1. The van der Waals surface area contributed by atoms with Crippen LogP contribution in [0, 0.1) is 26.7 Å². The molecule has 2 heterocycles. The summed E-state index contributed by atoms with van der Waals surface area (Å²) in [5.41, 5.74) is 7.02. The number of H-pyrrole nitrogens is 1. The van der Waals surface area contributed by atoms with Crippen LogP contribution in [0.3, 0.4) is 0 Å². The van der Waals surface area contributed by atoms with Crippen LogP contribution in [0.15, 0.2) is 47.3 Å². The molecular formula is C32H39N5O3. The zero-order chi connectivity index (χ0) is 28.4. The number of hydrogen-bond acceptors (Lipinski definition) is 5. The van der Waals surface area contributed by atoms with E-state index >= 15 is 0 Å². The number of hydrogen-bond donors (Lipinski definition) is 3. The van der Waals surface area contributed by atoms with Gasteiger partial charge < -0.3 is 25.4 Å². The number of amides is 2. The van der Waals surface area contributed by atoms with E-state index in [1.165, 1.54) is 5.69 Å². The minimum atomic E-state index is -0.271. The van der Waals surface area contributed by atoms with Crippen molar-refractivity contribution < 1.29 is 9.59 Å². The summed E-state index contributed by atoms with van der Waals surface area (Å²) in [4.78, 5) is 46.4. The van der Waals surface area contributed by atoms with Crippen LogP contribution >= 0.6 is 0 Å². The molecule has 3 N–H and O–H groups in total. The number of carbonyl (C=O) groups is 2. The van der Waals surface area contributed by atoms with E-state index in [9.17, 15) is 14.4 Å². The molecule has 2 aromatic carbocycles. The van der Waals surface area contributed by atoms with Crippen molar-refractivity contribution in [2.45, 2.75) is 47.1 Å². The first-order chi connectivity index (χ1) is 19.3. The third-order valence-electron chi connectivity index (χ3n) is 8.03. The fourth-order valence-corrected chi connectivity index (χ4v) is 5.53. The molecule has 0 radical (unpaired) electrons. The molecule has 1 aromatic heterocycles. The predicted octanol–water partition coefficient (Wildman–Crippen LogP) is 4.07. The highest BCUT2D eigenvalue weighted by Gasteiger charge is 2.34. The van der Waals surface area contributed by atoms with E-state index in [2.05, 4.69) is 44.8 Å². The standard InChI is InChI=1S/C32H39N5O3/c1-5-37(32(40)24-6-7-24)29-18-25(23-8-10-26(11-9-23)36-14-12-33-13-15-36)17-27(22(29)4)30(38)34-19-28-20(2)16-21(3)35-31(28)39/h8-11,16-18,24,33H,5-7,12-15,19H2,1-4H3,(H,34,38)(H,35,39). The highest BCUT2D eigenvalue weighted by molar-refractivity contribution is 6.03. The summed E-state index contributed by atoms with van der Waals surface area (Å²) < 4.78 is 0. The zero-order valence-electron chi connectivity index (χ0n) is 23.9. The van der Waals surface area contributed by atoms with Gasteiger partial charge in [0.2, 0.25) is 5.91 Å². The van der Waals surface area contributed by atoms with Gasteiger partial charge in [0.15, 0.2) is 0 Å². The number of carbonyl (C=O) groups excluding carboxylic acids is 2. The van der Waals surface area contributed by atoms with Crippen molar-refractivity contribution in [3.63, 3.8) is 0 Å². The molecule has 40 heavy (non-hydrogen) atoms. The van der Waals surface area contributed by atoms with Gasteiger partial charge in [0.25, 0.3) is 11.5 Å². The summed E-state index contributed by atoms with van der Waals surface area (Å²) in [6.45, 7) is 12.1. The Bertz CT molecular complexity index is 1470. The Kier molecular flexibility index (Phi) is 8.07.